The number of rotatable bonds is 4. The highest BCUT2D eigenvalue weighted by Crippen LogP contribution is 2.24. The molecule has 0 aromatic heterocycles. The van der Waals surface area contributed by atoms with Crippen LogP contribution in [-0.2, 0) is 4.79 Å². The number of aliphatic imine (C=N–C) groups is 1. The fourth-order valence-corrected chi connectivity index (χ4v) is 4.07. The van der Waals surface area contributed by atoms with E-state index in [1.165, 1.54) is 23.5 Å². The summed E-state index contributed by atoms with van der Waals surface area (Å²) in [5.74, 6) is 1.28. The first-order valence-electron chi connectivity index (χ1n) is 7.25. The van der Waals surface area contributed by atoms with Gasteiger partial charge >= 0.3 is 0 Å². The first kappa shape index (κ1) is 17.1. The summed E-state index contributed by atoms with van der Waals surface area (Å²) in [7, 11) is 0. The smallest absolute Gasteiger partial charge is 0.240 e. The minimum Gasteiger partial charge on any atom is -0.303 e. The fourth-order valence-electron chi connectivity index (χ4n) is 2.13. The van der Waals surface area contributed by atoms with Crippen LogP contribution in [0.3, 0.4) is 0 Å². The van der Waals surface area contributed by atoms with Gasteiger partial charge in [0.2, 0.25) is 5.91 Å². The van der Waals surface area contributed by atoms with E-state index >= 15 is 0 Å². The van der Waals surface area contributed by atoms with Gasteiger partial charge in [-0.05, 0) is 0 Å². The van der Waals surface area contributed by atoms with Crippen molar-refractivity contribution in [3.63, 3.8) is 0 Å². The lowest BCUT2D eigenvalue weighted by molar-refractivity contribution is -0.118. The number of hydrogen-bond donors (Lipinski definition) is 2. The van der Waals surface area contributed by atoms with E-state index in [1.54, 1.807) is 24.3 Å². The summed E-state index contributed by atoms with van der Waals surface area (Å²) in [6, 6.07) is 8.96. The van der Waals surface area contributed by atoms with Crippen LogP contribution < -0.4 is 10.7 Å². The summed E-state index contributed by atoms with van der Waals surface area (Å²) < 4.78 is 0.582. The Bertz CT molecular complexity index is 733. The molecule has 2 N–H and O–H groups in total. The number of thiocarbonyl (C=S) groups is 1. The molecule has 0 bridgehead atoms. The molecule has 1 atom stereocenters. The quantitative estimate of drug-likeness (QED) is 0.475. The SMILES string of the molecule is O=C(CC1S/C(=N/NC2=NC(=S)SCC2)NC1=O)c1ccccc1. The summed E-state index contributed by atoms with van der Waals surface area (Å²) in [5, 5.41) is 6.80. The minimum atomic E-state index is -0.469. The Labute approximate surface area is 152 Å². The van der Waals surface area contributed by atoms with E-state index in [1.807, 2.05) is 6.07 Å². The van der Waals surface area contributed by atoms with Gasteiger partial charge in [0, 0.05) is 24.2 Å². The number of thioether (sulfide) groups is 2. The molecular weight excluding hydrogens is 364 g/mol. The number of hydrazone groups is 1. The molecule has 0 aliphatic carbocycles. The molecule has 1 aromatic carbocycles. The second kappa shape index (κ2) is 7.91. The Kier molecular flexibility index (Phi) is 5.64. The van der Waals surface area contributed by atoms with Crippen molar-refractivity contribution in [2.75, 3.05) is 5.75 Å². The summed E-state index contributed by atoms with van der Waals surface area (Å²) in [5.41, 5.74) is 3.45. The van der Waals surface area contributed by atoms with E-state index in [-0.39, 0.29) is 18.1 Å². The molecule has 2 aliphatic heterocycles. The molecule has 0 saturated carbocycles. The van der Waals surface area contributed by atoms with Gasteiger partial charge in [-0.25, -0.2) is 4.99 Å². The summed E-state index contributed by atoms with van der Waals surface area (Å²) in [6.07, 6.45) is 0.886. The standard InChI is InChI=1S/C15H14N4O2S3/c20-10(9-4-2-1-3-5-9)8-11-13(21)17-14(24-11)19-18-12-6-7-23-15(22)16-12/h1-5,11H,6-8H2,(H,16,18,22)(H,17,19,21). The van der Waals surface area contributed by atoms with E-state index in [4.69, 9.17) is 12.2 Å². The molecule has 1 fully saturated rings. The van der Waals surface area contributed by atoms with Crippen molar-refractivity contribution < 1.29 is 9.59 Å². The van der Waals surface area contributed by atoms with Crippen LogP contribution in [0.4, 0.5) is 0 Å². The first-order chi connectivity index (χ1) is 11.6. The zero-order chi connectivity index (χ0) is 16.9. The Morgan fingerprint density at radius 1 is 1.42 bits per heavy atom. The van der Waals surface area contributed by atoms with Crippen LogP contribution in [0.2, 0.25) is 0 Å². The molecule has 0 radical (unpaired) electrons. The van der Waals surface area contributed by atoms with Crippen LogP contribution >= 0.6 is 35.7 Å². The van der Waals surface area contributed by atoms with Gasteiger partial charge in [0.15, 0.2) is 15.3 Å². The van der Waals surface area contributed by atoms with Crippen molar-refractivity contribution in [3.8, 4) is 0 Å². The highest BCUT2D eigenvalue weighted by molar-refractivity contribution is 8.23. The Balaban J connectivity index is 1.58. The molecule has 1 saturated heterocycles. The number of ketones is 1. The first-order valence-corrected chi connectivity index (χ1v) is 9.53. The normalized spacial score (nSPS) is 22.2. The number of carbonyl (C=O) groups is 2. The largest absolute Gasteiger partial charge is 0.303 e. The molecule has 2 aliphatic rings. The highest BCUT2D eigenvalue weighted by atomic mass is 32.2. The third-order valence-corrected chi connectivity index (χ3v) is 5.59. The third-order valence-electron chi connectivity index (χ3n) is 3.32. The van der Waals surface area contributed by atoms with Gasteiger partial charge in [-0.1, -0.05) is 66.1 Å². The highest BCUT2D eigenvalue weighted by Gasteiger charge is 2.32. The summed E-state index contributed by atoms with van der Waals surface area (Å²) in [6.45, 7) is 0. The lowest BCUT2D eigenvalue weighted by Gasteiger charge is -2.10. The van der Waals surface area contributed by atoms with Gasteiger partial charge in [-0.2, -0.15) is 0 Å². The molecule has 1 unspecified atom stereocenters. The van der Waals surface area contributed by atoms with Gasteiger partial charge in [-0.3, -0.25) is 15.0 Å². The molecule has 6 nitrogen and oxygen atoms in total. The van der Waals surface area contributed by atoms with Crippen molar-refractivity contribution in [2.45, 2.75) is 18.1 Å². The molecule has 124 valence electrons. The average Bonchev–Trinajstić information content (AvgIpc) is 2.94. The number of Topliss-reactive ketones (excluding diaryl/α,β-unsaturated/α-hetero) is 1. The second-order valence-corrected chi connectivity index (χ2v) is 7.96. The monoisotopic (exact) mass is 378 g/mol. The topological polar surface area (TPSA) is 82.9 Å². The number of amides is 1. The fraction of sp³-hybridized carbons (Fsp3) is 0.267. The van der Waals surface area contributed by atoms with E-state index in [0.29, 0.717) is 20.9 Å². The van der Waals surface area contributed by atoms with E-state index < -0.39 is 5.25 Å². The van der Waals surface area contributed by atoms with Crippen LogP contribution in [0.5, 0.6) is 0 Å². The van der Waals surface area contributed by atoms with E-state index in [2.05, 4.69) is 20.8 Å². The Hall–Kier alpha value is -1.71. The van der Waals surface area contributed by atoms with Crippen LogP contribution in [0, 0.1) is 0 Å². The van der Waals surface area contributed by atoms with E-state index in [0.717, 1.165) is 12.2 Å². The van der Waals surface area contributed by atoms with Crippen LogP contribution in [0.15, 0.2) is 40.4 Å². The molecular formula is C15H14N4O2S3. The maximum absolute atomic E-state index is 12.2. The predicted molar refractivity (Wildman–Crippen MR) is 103 cm³/mol. The predicted octanol–water partition coefficient (Wildman–Crippen LogP) is 2.17. The van der Waals surface area contributed by atoms with Gasteiger partial charge in [0.25, 0.3) is 0 Å². The second-order valence-electron chi connectivity index (χ2n) is 5.04. The summed E-state index contributed by atoms with van der Waals surface area (Å²) in [4.78, 5) is 28.4. The maximum Gasteiger partial charge on any atom is 0.240 e. The number of hydrogen-bond acceptors (Lipinski definition) is 7. The molecule has 1 amide bonds. The Morgan fingerprint density at radius 3 is 2.96 bits per heavy atom. The molecule has 3 rings (SSSR count). The molecule has 2 heterocycles. The lowest BCUT2D eigenvalue weighted by atomic mass is 10.1. The lowest BCUT2D eigenvalue weighted by Crippen LogP contribution is -2.29. The molecule has 0 spiro atoms. The van der Waals surface area contributed by atoms with Crippen molar-refractivity contribution >= 4 is 62.8 Å². The number of nitrogens with zero attached hydrogens (tertiary/aromatic N) is 2. The molecule has 9 heteroatoms. The van der Waals surface area contributed by atoms with E-state index in [9.17, 15) is 9.59 Å². The molecule has 24 heavy (non-hydrogen) atoms. The zero-order valence-corrected chi connectivity index (χ0v) is 15.0. The third kappa shape index (κ3) is 4.43. The minimum absolute atomic E-state index is 0.0588. The number of benzene rings is 1. The van der Waals surface area contributed by atoms with Crippen LogP contribution in [-0.4, -0.2) is 38.0 Å². The van der Waals surface area contributed by atoms with Crippen molar-refractivity contribution in [1.82, 2.24) is 10.7 Å². The summed E-state index contributed by atoms with van der Waals surface area (Å²) >= 11 is 7.81. The van der Waals surface area contributed by atoms with Gasteiger partial charge in [0.1, 0.15) is 5.84 Å². The van der Waals surface area contributed by atoms with Gasteiger partial charge < -0.3 is 5.32 Å². The van der Waals surface area contributed by atoms with Crippen molar-refractivity contribution in [3.05, 3.63) is 35.9 Å². The average molecular weight is 379 g/mol. The van der Waals surface area contributed by atoms with Crippen molar-refractivity contribution in [1.29, 1.82) is 0 Å². The van der Waals surface area contributed by atoms with Gasteiger partial charge in [0.05, 0.1) is 5.25 Å². The Morgan fingerprint density at radius 2 is 2.21 bits per heavy atom. The van der Waals surface area contributed by atoms with Gasteiger partial charge in [-0.15, -0.1) is 5.10 Å². The number of carbonyl (C=O) groups excluding carboxylic acids is 2. The number of amidine groups is 2. The van der Waals surface area contributed by atoms with Crippen LogP contribution in [0.25, 0.3) is 0 Å². The van der Waals surface area contributed by atoms with Crippen molar-refractivity contribution in [2.24, 2.45) is 10.1 Å². The molecule has 1 aromatic rings. The zero-order valence-electron chi connectivity index (χ0n) is 12.5. The van der Waals surface area contributed by atoms with Crippen LogP contribution in [0.1, 0.15) is 23.2 Å². The maximum atomic E-state index is 12.2. The number of nitrogens with one attached hydrogen (secondary N) is 2.